The van der Waals surface area contributed by atoms with Crippen molar-refractivity contribution in [2.45, 2.75) is 26.2 Å². The van der Waals surface area contributed by atoms with Crippen LogP contribution in [0.1, 0.15) is 22.4 Å². The number of halogens is 4. The molecule has 2 aromatic rings. The first-order valence-electron chi connectivity index (χ1n) is 7.51. The number of hydrogen-bond donors (Lipinski definition) is 2. The number of alkyl halides is 3. The molecule has 0 aliphatic carbocycles. The van der Waals surface area contributed by atoms with E-state index in [1.54, 1.807) is 6.20 Å². The van der Waals surface area contributed by atoms with E-state index < -0.39 is 17.6 Å². The van der Waals surface area contributed by atoms with Crippen LogP contribution in [0, 0.1) is 12.7 Å². The Morgan fingerprint density at radius 3 is 2.44 bits per heavy atom. The second kappa shape index (κ2) is 7.96. The molecule has 1 heterocycles. The number of nitrogens with zero attached hydrogens (tertiary/aromatic N) is 2. The fourth-order valence-electron chi connectivity index (χ4n) is 2.16. The molecule has 0 bridgehead atoms. The van der Waals surface area contributed by atoms with Crippen LogP contribution in [0.25, 0.3) is 0 Å². The van der Waals surface area contributed by atoms with Crippen molar-refractivity contribution in [3.05, 3.63) is 64.7 Å². The normalized spacial score (nSPS) is 12.2. The van der Waals surface area contributed by atoms with Crippen molar-refractivity contribution in [3.8, 4) is 0 Å². The molecule has 0 unspecified atom stereocenters. The smallest absolute Gasteiger partial charge is 0.352 e. The Bertz CT molecular complexity index is 739. The molecule has 134 valence electrons. The topological polar surface area (TPSA) is 49.3 Å². The number of benzene rings is 1. The van der Waals surface area contributed by atoms with Crippen LogP contribution in [-0.2, 0) is 19.3 Å². The Morgan fingerprint density at radius 2 is 1.84 bits per heavy atom. The minimum Gasteiger partial charge on any atom is -0.352 e. The summed E-state index contributed by atoms with van der Waals surface area (Å²) in [6, 6.07) is 6.36. The molecule has 0 radical (unpaired) electrons. The molecule has 0 aliphatic rings. The van der Waals surface area contributed by atoms with Crippen LogP contribution >= 0.6 is 0 Å². The highest BCUT2D eigenvalue weighted by molar-refractivity contribution is 5.79. The number of hydrogen-bond acceptors (Lipinski definition) is 2. The van der Waals surface area contributed by atoms with Crippen molar-refractivity contribution in [2.75, 3.05) is 7.05 Å². The Kier molecular flexibility index (Phi) is 5.95. The fraction of sp³-hybridized carbons (Fsp3) is 0.294. The van der Waals surface area contributed by atoms with Crippen molar-refractivity contribution in [1.29, 1.82) is 0 Å². The summed E-state index contributed by atoms with van der Waals surface area (Å²) in [7, 11) is 1.51. The molecule has 8 heteroatoms. The van der Waals surface area contributed by atoms with Gasteiger partial charge in [0.2, 0.25) is 0 Å². The van der Waals surface area contributed by atoms with Gasteiger partial charge in [0.1, 0.15) is 5.82 Å². The van der Waals surface area contributed by atoms with Gasteiger partial charge in [0.25, 0.3) is 0 Å². The minimum atomic E-state index is -4.62. The molecule has 0 spiro atoms. The van der Waals surface area contributed by atoms with Gasteiger partial charge < -0.3 is 10.6 Å². The summed E-state index contributed by atoms with van der Waals surface area (Å²) in [5.41, 5.74) is 0.737. The summed E-state index contributed by atoms with van der Waals surface area (Å²) in [4.78, 5) is 8.13. The predicted octanol–water partition coefficient (Wildman–Crippen LogP) is 3.41. The van der Waals surface area contributed by atoms with Crippen molar-refractivity contribution in [1.82, 2.24) is 15.6 Å². The lowest BCUT2D eigenvalue weighted by molar-refractivity contribution is -0.138. The van der Waals surface area contributed by atoms with E-state index in [0.717, 1.165) is 23.4 Å². The number of aryl methyl sites for hydroxylation is 1. The second-order valence-electron chi connectivity index (χ2n) is 5.39. The molecule has 0 saturated carbocycles. The SMILES string of the molecule is CN=C(NCc1ccc(C)nc1)NCc1ccc(F)cc1C(F)(F)F. The zero-order chi connectivity index (χ0) is 18.4. The van der Waals surface area contributed by atoms with Gasteiger partial charge in [0.15, 0.2) is 5.96 Å². The lowest BCUT2D eigenvalue weighted by atomic mass is 10.1. The largest absolute Gasteiger partial charge is 0.416 e. The van der Waals surface area contributed by atoms with Crippen LogP contribution in [0.15, 0.2) is 41.5 Å². The van der Waals surface area contributed by atoms with Gasteiger partial charge >= 0.3 is 6.18 Å². The maximum absolute atomic E-state index is 13.1. The molecular formula is C17H18F4N4. The molecule has 0 amide bonds. The van der Waals surface area contributed by atoms with E-state index in [9.17, 15) is 17.6 Å². The molecule has 1 aromatic carbocycles. The number of guanidine groups is 1. The van der Waals surface area contributed by atoms with E-state index in [2.05, 4.69) is 20.6 Å². The minimum absolute atomic E-state index is 0.0612. The molecular weight excluding hydrogens is 336 g/mol. The van der Waals surface area contributed by atoms with Crippen LogP contribution in [0.2, 0.25) is 0 Å². The lowest BCUT2D eigenvalue weighted by Gasteiger charge is -2.16. The lowest BCUT2D eigenvalue weighted by Crippen LogP contribution is -2.36. The maximum Gasteiger partial charge on any atom is 0.416 e. The van der Waals surface area contributed by atoms with Crippen LogP contribution in [0.3, 0.4) is 0 Å². The molecule has 1 aromatic heterocycles. The van der Waals surface area contributed by atoms with Gasteiger partial charge in [-0.3, -0.25) is 9.98 Å². The van der Waals surface area contributed by atoms with Gasteiger partial charge in [-0.25, -0.2) is 4.39 Å². The first kappa shape index (κ1) is 18.7. The molecule has 0 atom stereocenters. The molecule has 2 N–H and O–H groups in total. The molecule has 0 fully saturated rings. The third kappa shape index (κ3) is 5.44. The predicted molar refractivity (Wildman–Crippen MR) is 87.4 cm³/mol. The molecule has 0 saturated heterocycles. The van der Waals surface area contributed by atoms with Gasteiger partial charge in [-0.15, -0.1) is 0 Å². The summed E-state index contributed by atoms with van der Waals surface area (Å²) in [5.74, 6) is -0.594. The summed E-state index contributed by atoms with van der Waals surface area (Å²) in [5, 5.41) is 5.78. The number of pyridine rings is 1. The van der Waals surface area contributed by atoms with E-state index in [1.807, 2.05) is 19.1 Å². The number of aliphatic imine (C=N–C) groups is 1. The summed E-state index contributed by atoms with van der Waals surface area (Å²) in [6.45, 7) is 2.15. The Balaban J connectivity index is 2.00. The van der Waals surface area contributed by atoms with Gasteiger partial charge in [0, 0.05) is 32.0 Å². The Labute approximate surface area is 143 Å². The molecule has 25 heavy (non-hydrogen) atoms. The summed E-state index contributed by atoms with van der Waals surface area (Å²) >= 11 is 0. The molecule has 2 rings (SSSR count). The Hall–Kier alpha value is -2.64. The first-order valence-corrected chi connectivity index (χ1v) is 7.51. The maximum atomic E-state index is 13.1. The first-order chi connectivity index (χ1) is 11.8. The van der Waals surface area contributed by atoms with Crippen molar-refractivity contribution < 1.29 is 17.6 Å². The third-order valence-electron chi connectivity index (χ3n) is 3.48. The highest BCUT2D eigenvalue weighted by atomic mass is 19.4. The van der Waals surface area contributed by atoms with Crippen molar-refractivity contribution >= 4 is 5.96 Å². The standard InChI is InChI=1S/C17H18F4N4/c1-11-3-4-12(8-23-11)9-24-16(22-2)25-10-13-5-6-14(18)7-15(13)17(19,20)21/h3-8H,9-10H2,1-2H3,(H2,22,24,25). The van der Waals surface area contributed by atoms with Crippen molar-refractivity contribution in [2.24, 2.45) is 4.99 Å². The summed E-state index contributed by atoms with van der Waals surface area (Å²) in [6.07, 6.45) is -2.92. The average Bonchev–Trinajstić information content (AvgIpc) is 2.56. The third-order valence-corrected chi connectivity index (χ3v) is 3.48. The Morgan fingerprint density at radius 1 is 1.12 bits per heavy atom. The molecule has 0 aliphatic heterocycles. The highest BCUT2D eigenvalue weighted by Crippen LogP contribution is 2.32. The fourth-order valence-corrected chi connectivity index (χ4v) is 2.16. The number of nitrogens with one attached hydrogen (secondary N) is 2. The van der Waals surface area contributed by atoms with E-state index in [4.69, 9.17) is 0 Å². The highest BCUT2D eigenvalue weighted by Gasteiger charge is 2.33. The van der Waals surface area contributed by atoms with Crippen LogP contribution in [0.5, 0.6) is 0 Å². The van der Waals surface area contributed by atoms with E-state index in [1.165, 1.54) is 7.05 Å². The zero-order valence-corrected chi connectivity index (χ0v) is 13.8. The zero-order valence-electron chi connectivity index (χ0n) is 13.8. The number of rotatable bonds is 4. The van der Waals surface area contributed by atoms with E-state index in [0.29, 0.717) is 18.6 Å². The molecule has 4 nitrogen and oxygen atoms in total. The van der Waals surface area contributed by atoms with Crippen molar-refractivity contribution in [3.63, 3.8) is 0 Å². The number of aromatic nitrogens is 1. The van der Waals surface area contributed by atoms with Gasteiger partial charge in [-0.2, -0.15) is 13.2 Å². The monoisotopic (exact) mass is 354 g/mol. The van der Waals surface area contributed by atoms with E-state index in [-0.39, 0.29) is 12.1 Å². The van der Waals surface area contributed by atoms with Gasteiger partial charge in [-0.1, -0.05) is 12.1 Å². The quantitative estimate of drug-likeness (QED) is 0.503. The van der Waals surface area contributed by atoms with E-state index >= 15 is 0 Å². The van der Waals surface area contributed by atoms with Crippen LogP contribution < -0.4 is 10.6 Å². The van der Waals surface area contributed by atoms with Gasteiger partial charge in [-0.05, 0) is 36.2 Å². The van der Waals surface area contributed by atoms with Gasteiger partial charge in [0.05, 0.1) is 5.56 Å². The second-order valence-corrected chi connectivity index (χ2v) is 5.39. The van der Waals surface area contributed by atoms with Crippen LogP contribution in [0.4, 0.5) is 17.6 Å². The van der Waals surface area contributed by atoms with Crippen LogP contribution in [-0.4, -0.2) is 18.0 Å². The average molecular weight is 354 g/mol. The summed E-state index contributed by atoms with van der Waals surface area (Å²) < 4.78 is 52.1.